The Balaban J connectivity index is 1.95. The SMILES string of the molecule is CC1CCCc2ccc(C3(CC(=O)O)CC3)cc21. The van der Waals surface area contributed by atoms with Gasteiger partial charge in [-0.1, -0.05) is 25.1 Å². The first kappa shape index (κ1) is 11.8. The summed E-state index contributed by atoms with van der Waals surface area (Å²) in [5.41, 5.74) is 4.16. The Bertz CT molecular complexity index is 486. The van der Waals surface area contributed by atoms with E-state index >= 15 is 0 Å². The Morgan fingerprint density at radius 1 is 1.44 bits per heavy atom. The van der Waals surface area contributed by atoms with Crippen molar-refractivity contribution in [2.24, 2.45) is 0 Å². The molecule has 0 radical (unpaired) electrons. The fourth-order valence-electron chi connectivity index (χ4n) is 3.37. The molecule has 2 aliphatic carbocycles. The molecule has 0 amide bonds. The quantitative estimate of drug-likeness (QED) is 0.881. The van der Waals surface area contributed by atoms with Crippen molar-refractivity contribution in [2.75, 3.05) is 0 Å². The number of hydrogen-bond acceptors (Lipinski definition) is 1. The zero-order valence-corrected chi connectivity index (χ0v) is 10.9. The number of carbonyl (C=O) groups is 1. The second kappa shape index (κ2) is 4.11. The first-order chi connectivity index (χ1) is 8.61. The standard InChI is InChI=1S/C16H20O2/c1-11-3-2-4-12-5-6-13(9-14(11)12)16(7-8-16)10-15(17)18/h5-6,9,11H,2-4,7-8,10H2,1H3,(H,17,18). The zero-order chi connectivity index (χ0) is 12.8. The normalized spacial score (nSPS) is 24.4. The summed E-state index contributed by atoms with van der Waals surface area (Å²) >= 11 is 0. The molecular weight excluding hydrogens is 224 g/mol. The molecule has 0 saturated heterocycles. The van der Waals surface area contributed by atoms with Crippen LogP contribution in [0.4, 0.5) is 0 Å². The number of carboxylic acids is 1. The number of fused-ring (bicyclic) bond motifs is 1. The van der Waals surface area contributed by atoms with Crippen LogP contribution >= 0.6 is 0 Å². The minimum absolute atomic E-state index is 0.0436. The topological polar surface area (TPSA) is 37.3 Å². The molecule has 0 spiro atoms. The molecule has 0 aromatic heterocycles. The second-order valence-electron chi connectivity index (χ2n) is 6.06. The first-order valence-corrected chi connectivity index (χ1v) is 6.96. The van der Waals surface area contributed by atoms with E-state index in [-0.39, 0.29) is 5.41 Å². The third-order valence-corrected chi connectivity index (χ3v) is 4.72. The van der Waals surface area contributed by atoms with Crippen LogP contribution in [0.15, 0.2) is 18.2 Å². The predicted octanol–water partition coefficient (Wildman–Crippen LogP) is 3.63. The fourth-order valence-corrected chi connectivity index (χ4v) is 3.37. The third kappa shape index (κ3) is 1.94. The lowest BCUT2D eigenvalue weighted by Crippen LogP contribution is -2.15. The van der Waals surface area contributed by atoms with Crippen LogP contribution in [0.2, 0.25) is 0 Å². The summed E-state index contributed by atoms with van der Waals surface area (Å²) in [6, 6.07) is 6.71. The number of benzene rings is 1. The Labute approximate surface area is 108 Å². The van der Waals surface area contributed by atoms with Crippen LogP contribution in [0.25, 0.3) is 0 Å². The van der Waals surface area contributed by atoms with Gasteiger partial charge >= 0.3 is 5.97 Å². The van der Waals surface area contributed by atoms with Gasteiger partial charge in [-0.3, -0.25) is 4.79 Å². The Morgan fingerprint density at radius 2 is 2.22 bits per heavy atom. The second-order valence-corrected chi connectivity index (χ2v) is 6.06. The molecule has 1 saturated carbocycles. The average Bonchev–Trinajstić information content (AvgIpc) is 3.09. The monoisotopic (exact) mass is 244 g/mol. The lowest BCUT2D eigenvalue weighted by Gasteiger charge is -2.24. The summed E-state index contributed by atoms with van der Waals surface area (Å²) in [7, 11) is 0. The fraction of sp³-hybridized carbons (Fsp3) is 0.562. The van der Waals surface area contributed by atoms with E-state index in [0.717, 1.165) is 12.8 Å². The van der Waals surface area contributed by atoms with E-state index in [0.29, 0.717) is 12.3 Å². The van der Waals surface area contributed by atoms with Crippen LogP contribution in [-0.4, -0.2) is 11.1 Å². The minimum Gasteiger partial charge on any atom is -0.481 e. The van der Waals surface area contributed by atoms with Crippen molar-refractivity contribution in [2.45, 2.75) is 56.8 Å². The van der Waals surface area contributed by atoms with E-state index in [9.17, 15) is 4.79 Å². The molecule has 1 N–H and O–H groups in total. The number of aryl methyl sites for hydroxylation is 1. The van der Waals surface area contributed by atoms with Crippen molar-refractivity contribution >= 4 is 5.97 Å². The molecule has 2 heteroatoms. The van der Waals surface area contributed by atoms with E-state index in [1.807, 2.05) is 0 Å². The molecule has 3 rings (SSSR count). The summed E-state index contributed by atoms with van der Waals surface area (Å²) in [6.07, 6.45) is 6.10. The van der Waals surface area contributed by atoms with Crippen LogP contribution in [0, 0.1) is 0 Å². The van der Waals surface area contributed by atoms with Crippen LogP contribution in [0.3, 0.4) is 0 Å². The number of rotatable bonds is 3. The van der Waals surface area contributed by atoms with E-state index in [1.54, 1.807) is 0 Å². The summed E-state index contributed by atoms with van der Waals surface area (Å²) < 4.78 is 0. The van der Waals surface area contributed by atoms with E-state index in [2.05, 4.69) is 25.1 Å². The van der Waals surface area contributed by atoms with Crippen LogP contribution in [-0.2, 0) is 16.6 Å². The van der Waals surface area contributed by atoms with Crippen molar-refractivity contribution in [1.82, 2.24) is 0 Å². The highest BCUT2D eigenvalue weighted by molar-refractivity contribution is 5.70. The predicted molar refractivity (Wildman–Crippen MR) is 71.0 cm³/mol. The van der Waals surface area contributed by atoms with Gasteiger partial charge in [0.25, 0.3) is 0 Å². The maximum Gasteiger partial charge on any atom is 0.304 e. The molecule has 96 valence electrons. The van der Waals surface area contributed by atoms with Crippen molar-refractivity contribution in [1.29, 1.82) is 0 Å². The molecule has 1 aromatic rings. The highest BCUT2D eigenvalue weighted by Crippen LogP contribution is 2.52. The molecule has 1 aromatic carbocycles. The molecule has 2 aliphatic rings. The number of carboxylic acid groups (broad SMARTS) is 1. The minimum atomic E-state index is -0.668. The zero-order valence-electron chi connectivity index (χ0n) is 10.9. The van der Waals surface area contributed by atoms with Gasteiger partial charge in [0.15, 0.2) is 0 Å². The van der Waals surface area contributed by atoms with Gasteiger partial charge in [0.05, 0.1) is 6.42 Å². The molecule has 0 heterocycles. The van der Waals surface area contributed by atoms with Crippen LogP contribution < -0.4 is 0 Å². The molecule has 1 fully saturated rings. The first-order valence-electron chi connectivity index (χ1n) is 6.96. The molecule has 1 unspecified atom stereocenters. The van der Waals surface area contributed by atoms with Gasteiger partial charge in [-0.2, -0.15) is 0 Å². The summed E-state index contributed by atoms with van der Waals surface area (Å²) in [4.78, 5) is 11.0. The van der Waals surface area contributed by atoms with E-state index in [4.69, 9.17) is 5.11 Å². The van der Waals surface area contributed by atoms with Crippen molar-refractivity contribution < 1.29 is 9.90 Å². The van der Waals surface area contributed by atoms with Gasteiger partial charge in [0.1, 0.15) is 0 Å². The smallest absolute Gasteiger partial charge is 0.304 e. The molecule has 18 heavy (non-hydrogen) atoms. The maximum absolute atomic E-state index is 11.0. The lowest BCUT2D eigenvalue weighted by atomic mass is 9.80. The molecule has 2 nitrogen and oxygen atoms in total. The van der Waals surface area contributed by atoms with Crippen molar-refractivity contribution in [3.05, 3.63) is 34.9 Å². The largest absolute Gasteiger partial charge is 0.481 e. The Hall–Kier alpha value is -1.31. The Morgan fingerprint density at radius 3 is 2.89 bits per heavy atom. The van der Waals surface area contributed by atoms with Crippen LogP contribution in [0.5, 0.6) is 0 Å². The van der Waals surface area contributed by atoms with Gasteiger partial charge in [0, 0.05) is 5.41 Å². The molecule has 1 atom stereocenters. The van der Waals surface area contributed by atoms with Gasteiger partial charge in [0.2, 0.25) is 0 Å². The highest BCUT2D eigenvalue weighted by Gasteiger charge is 2.46. The van der Waals surface area contributed by atoms with Crippen LogP contribution in [0.1, 0.15) is 61.6 Å². The van der Waals surface area contributed by atoms with E-state index < -0.39 is 5.97 Å². The molecular formula is C16H20O2. The summed E-state index contributed by atoms with van der Waals surface area (Å²) in [5, 5.41) is 9.04. The van der Waals surface area contributed by atoms with Crippen molar-refractivity contribution in [3.63, 3.8) is 0 Å². The van der Waals surface area contributed by atoms with Gasteiger partial charge in [-0.15, -0.1) is 0 Å². The number of aliphatic carboxylic acids is 1. The lowest BCUT2D eigenvalue weighted by molar-refractivity contribution is -0.137. The highest BCUT2D eigenvalue weighted by atomic mass is 16.4. The van der Waals surface area contributed by atoms with E-state index in [1.165, 1.54) is 36.0 Å². The van der Waals surface area contributed by atoms with Crippen molar-refractivity contribution in [3.8, 4) is 0 Å². The maximum atomic E-state index is 11.0. The summed E-state index contributed by atoms with van der Waals surface area (Å²) in [6.45, 7) is 2.29. The number of hydrogen-bond donors (Lipinski definition) is 1. The van der Waals surface area contributed by atoms with Gasteiger partial charge in [-0.05, 0) is 54.7 Å². The third-order valence-electron chi connectivity index (χ3n) is 4.72. The average molecular weight is 244 g/mol. The van der Waals surface area contributed by atoms with Gasteiger partial charge < -0.3 is 5.11 Å². The van der Waals surface area contributed by atoms with Gasteiger partial charge in [-0.25, -0.2) is 0 Å². The summed E-state index contributed by atoms with van der Waals surface area (Å²) in [5.74, 6) is -0.0346. The molecule has 0 aliphatic heterocycles. The molecule has 0 bridgehead atoms. The Kier molecular flexibility index (Phi) is 2.69.